The molecule has 7 nitrogen and oxygen atoms in total. The fourth-order valence-corrected chi connectivity index (χ4v) is 3.38. The zero-order valence-electron chi connectivity index (χ0n) is 18.2. The van der Waals surface area contributed by atoms with Crippen molar-refractivity contribution < 1.29 is 14.1 Å². The van der Waals surface area contributed by atoms with Crippen molar-refractivity contribution in [1.82, 2.24) is 19.8 Å². The van der Waals surface area contributed by atoms with E-state index in [1.165, 1.54) is 5.56 Å². The maximum atomic E-state index is 13.1. The average Bonchev–Trinajstić information content (AvgIpc) is 3.14. The summed E-state index contributed by atoms with van der Waals surface area (Å²) >= 11 is 0. The summed E-state index contributed by atoms with van der Waals surface area (Å²) in [6.45, 7) is 10.5. The van der Waals surface area contributed by atoms with Crippen LogP contribution in [0.3, 0.4) is 0 Å². The number of ether oxygens (including phenoxy) is 1. The van der Waals surface area contributed by atoms with Crippen LogP contribution >= 0.6 is 0 Å². The van der Waals surface area contributed by atoms with Crippen LogP contribution < -0.4 is 4.74 Å². The molecule has 1 amide bonds. The Bertz CT molecular complexity index is 1050. The highest BCUT2D eigenvalue weighted by atomic mass is 16.5. The van der Waals surface area contributed by atoms with Gasteiger partial charge in [0.25, 0.3) is 5.91 Å². The molecule has 0 spiro atoms. The number of carbonyl (C=O) groups is 1. The standard InChI is InChI=1S/C22H28N4O3/c1-13-8-9-20(14(2)10-13)28-12-19-17(5)29-24-21(19)22(27)25(6)11-18-15(3)23-26(7)16(18)4/h8-10H,11-12H2,1-7H3. The number of amides is 1. The Morgan fingerprint density at radius 2 is 1.90 bits per heavy atom. The van der Waals surface area contributed by atoms with Crippen molar-refractivity contribution in [2.75, 3.05) is 7.05 Å². The van der Waals surface area contributed by atoms with E-state index in [4.69, 9.17) is 9.26 Å². The van der Waals surface area contributed by atoms with Gasteiger partial charge in [0.2, 0.25) is 0 Å². The molecule has 3 aromatic rings. The number of rotatable bonds is 6. The molecule has 2 heterocycles. The smallest absolute Gasteiger partial charge is 0.276 e. The zero-order chi connectivity index (χ0) is 21.3. The number of carbonyl (C=O) groups excluding carboxylic acids is 1. The molecule has 0 N–H and O–H groups in total. The summed E-state index contributed by atoms with van der Waals surface area (Å²) in [7, 11) is 3.66. The fraction of sp³-hybridized carbons (Fsp3) is 0.409. The summed E-state index contributed by atoms with van der Waals surface area (Å²) in [5.41, 5.74) is 6.17. The fourth-order valence-electron chi connectivity index (χ4n) is 3.38. The second-order valence-corrected chi connectivity index (χ2v) is 7.56. The average molecular weight is 396 g/mol. The first-order valence-corrected chi connectivity index (χ1v) is 9.58. The minimum atomic E-state index is -0.205. The number of aromatic nitrogens is 3. The molecule has 0 fully saturated rings. The summed E-state index contributed by atoms with van der Waals surface area (Å²) in [5.74, 6) is 1.16. The third kappa shape index (κ3) is 4.18. The third-order valence-electron chi connectivity index (χ3n) is 5.29. The molecule has 29 heavy (non-hydrogen) atoms. The molecule has 0 aliphatic heterocycles. The van der Waals surface area contributed by atoms with E-state index in [0.717, 1.165) is 28.3 Å². The second kappa shape index (κ2) is 8.11. The summed E-state index contributed by atoms with van der Waals surface area (Å²) in [6.07, 6.45) is 0. The van der Waals surface area contributed by atoms with Crippen molar-refractivity contribution in [3.8, 4) is 5.75 Å². The Hall–Kier alpha value is -3.09. The van der Waals surface area contributed by atoms with Gasteiger partial charge in [0, 0.05) is 31.9 Å². The van der Waals surface area contributed by atoms with Gasteiger partial charge < -0.3 is 14.2 Å². The number of hydrogen-bond donors (Lipinski definition) is 0. The van der Waals surface area contributed by atoms with Crippen LogP contribution in [0.15, 0.2) is 22.7 Å². The van der Waals surface area contributed by atoms with E-state index in [0.29, 0.717) is 17.9 Å². The van der Waals surface area contributed by atoms with Crippen LogP contribution in [0.1, 0.15) is 49.9 Å². The first-order valence-electron chi connectivity index (χ1n) is 9.58. The molecule has 0 aliphatic carbocycles. The van der Waals surface area contributed by atoms with Gasteiger partial charge in [-0.1, -0.05) is 22.9 Å². The Morgan fingerprint density at radius 3 is 2.52 bits per heavy atom. The van der Waals surface area contributed by atoms with Crippen LogP contribution in [-0.4, -0.2) is 32.8 Å². The first-order chi connectivity index (χ1) is 13.7. The lowest BCUT2D eigenvalue weighted by Crippen LogP contribution is -2.28. The van der Waals surface area contributed by atoms with Crippen molar-refractivity contribution in [3.05, 3.63) is 63.3 Å². The van der Waals surface area contributed by atoms with E-state index < -0.39 is 0 Å². The summed E-state index contributed by atoms with van der Waals surface area (Å²) in [6, 6.07) is 6.00. The van der Waals surface area contributed by atoms with Crippen LogP contribution in [0.2, 0.25) is 0 Å². The summed E-state index contributed by atoms with van der Waals surface area (Å²) in [4.78, 5) is 14.7. The van der Waals surface area contributed by atoms with Gasteiger partial charge >= 0.3 is 0 Å². The van der Waals surface area contributed by atoms with Crippen LogP contribution in [0, 0.1) is 34.6 Å². The largest absolute Gasteiger partial charge is 0.488 e. The monoisotopic (exact) mass is 396 g/mol. The number of aryl methyl sites for hydroxylation is 5. The van der Waals surface area contributed by atoms with E-state index in [1.807, 2.05) is 51.6 Å². The molecule has 3 rings (SSSR count). The topological polar surface area (TPSA) is 73.4 Å². The molecule has 2 aromatic heterocycles. The summed E-state index contributed by atoms with van der Waals surface area (Å²) < 4.78 is 13.1. The van der Waals surface area contributed by atoms with Crippen molar-refractivity contribution in [3.63, 3.8) is 0 Å². The van der Waals surface area contributed by atoms with E-state index in [9.17, 15) is 4.79 Å². The lowest BCUT2D eigenvalue weighted by atomic mass is 10.1. The maximum Gasteiger partial charge on any atom is 0.276 e. The second-order valence-electron chi connectivity index (χ2n) is 7.56. The van der Waals surface area contributed by atoms with Gasteiger partial charge in [0.1, 0.15) is 18.1 Å². The van der Waals surface area contributed by atoms with Crippen LogP contribution in [-0.2, 0) is 20.2 Å². The molecule has 0 atom stereocenters. The molecule has 0 saturated heterocycles. The molecule has 7 heteroatoms. The minimum Gasteiger partial charge on any atom is -0.488 e. The lowest BCUT2D eigenvalue weighted by Gasteiger charge is -2.17. The predicted octanol–water partition coefficient (Wildman–Crippen LogP) is 3.80. The maximum absolute atomic E-state index is 13.1. The Kier molecular flexibility index (Phi) is 5.77. The minimum absolute atomic E-state index is 0.205. The predicted molar refractivity (Wildman–Crippen MR) is 110 cm³/mol. The van der Waals surface area contributed by atoms with E-state index in [-0.39, 0.29) is 18.2 Å². The SMILES string of the molecule is Cc1ccc(OCc2c(C(=O)N(C)Cc3c(C)nn(C)c3C)noc2C)c(C)c1. The highest BCUT2D eigenvalue weighted by Gasteiger charge is 2.25. The Labute approximate surface area is 171 Å². The van der Waals surface area contributed by atoms with E-state index in [2.05, 4.69) is 16.3 Å². The van der Waals surface area contributed by atoms with Crippen LogP contribution in [0.25, 0.3) is 0 Å². The third-order valence-corrected chi connectivity index (χ3v) is 5.29. The van der Waals surface area contributed by atoms with Gasteiger partial charge in [0.05, 0.1) is 11.3 Å². The van der Waals surface area contributed by atoms with Crippen molar-refractivity contribution in [2.45, 2.75) is 47.8 Å². The normalized spacial score (nSPS) is 11.0. The summed E-state index contributed by atoms with van der Waals surface area (Å²) in [5, 5.41) is 8.43. The van der Waals surface area contributed by atoms with E-state index >= 15 is 0 Å². The molecule has 1 aromatic carbocycles. The zero-order valence-corrected chi connectivity index (χ0v) is 18.2. The quantitative estimate of drug-likeness (QED) is 0.634. The van der Waals surface area contributed by atoms with Gasteiger partial charge in [-0.05, 0) is 46.2 Å². The molecule has 0 saturated carbocycles. The van der Waals surface area contributed by atoms with Crippen LogP contribution in [0.5, 0.6) is 5.75 Å². The Balaban J connectivity index is 1.78. The van der Waals surface area contributed by atoms with Gasteiger partial charge in [0.15, 0.2) is 5.69 Å². The molecule has 0 bridgehead atoms. The van der Waals surface area contributed by atoms with Gasteiger partial charge in [-0.3, -0.25) is 9.48 Å². The Morgan fingerprint density at radius 1 is 1.17 bits per heavy atom. The number of hydrogen-bond acceptors (Lipinski definition) is 5. The van der Waals surface area contributed by atoms with E-state index in [1.54, 1.807) is 18.9 Å². The highest BCUT2D eigenvalue weighted by molar-refractivity contribution is 5.93. The number of benzene rings is 1. The molecule has 154 valence electrons. The van der Waals surface area contributed by atoms with Crippen molar-refractivity contribution in [1.29, 1.82) is 0 Å². The van der Waals surface area contributed by atoms with Crippen molar-refractivity contribution >= 4 is 5.91 Å². The van der Waals surface area contributed by atoms with Crippen molar-refractivity contribution in [2.24, 2.45) is 7.05 Å². The molecule has 0 aliphatic rings. The lowest BCUT2D eigenvalue weighted by molar-refractivity contribution is 0.0772. The molecule has 0 unspecified atom stereocenters. The van der Waals surface area contributed by atoms with Gasteiger partial charge in [-0.25, -0.2) is 0 Å². The van der Waals surface area contributed by atoms with Gasteiger partial charge in [-0.15, -0.1) is 0 Å². The van der Waals surface area contributed by atoms with Gasteiger partial charge in [-0.2, -0.15) is 5.10 Å². The highest BCUT2D eigenvalue weighted by Crippen LogP contribution is 2.23. The number of nitrogens with zero attached hydrogens (tertiary/aromatic N) is 4. The molecular weight excluding hydrogens is 368 g/mol. The molecule has 0 radical (unpaired) electrons. The molecular formula is C22H28N4O3. The first kappa shape index (κ1) is 20.6. The van der Waals surface area contributed by atoms with Crippen LogP contribution in [0.4, 0.5) is 0 Å².